The van der Waals surface area contributed by atoms with Gasteiger partial charge >= 0.3 is 0 Å². The van der Waals surface area contributed by atoms with Crippen LogP contribution in [0.3, 0.4) is 0 Å². The van der Waals surface area contributed by atoms with Crippen LogP contribution in [-0.2, 0) is 12.8 Å². The van der Waals surface area contributed by atoms with Gasteiger partial charge in [0, 0.05) is 64.4 Å². The number of hydrogen-bond acceptors (Lipinski definition) is 4. The Morgan fingerprint density at radius 1 is 0.765 bits per heavy atom. The molecule has 3 aromatic rings. The number of hydrogen-bond donors (Lipinski definition) is 1. The second-order valence-corrected chi connectivity index (χ2v) is 18.5. The molecule has 4 nitrogen and oxygen atoms in total. The monoisotopic (exact) mass is 693 g/mol. The third kappa shape index (κ3) is 11.1. The van der Waals surface area contributed by atoms with E-state index in [1.807, 2.05) is 0 Å². The molecule has 3 aromatic carbocycles. The molecule has 1 unspecified atom stereocenters. The topological polar surface area (TPSA) is 21.8 Å². The summed E-state index contributed by atoms with van der Waals surface area (Å²) < 4.78 is 0. The highest BCUT2D eigenvalue weighted by molar-refractivity contribution is 5.83. The van der Waals surface area contributed by atoms with E-state index in [0.717, 1.165) is 30.8 Å². The molecule has 280 valence electrons. The zero-order valence-electron chi connectivity index (χ0n) is 33.4. The molecule has 0 aromatic heterocycles. The molecule has 3 fully saturated rings. The van der Waals surface area contributed by atoms with Crippen LogP contribution in [0.4, 0.5) is 0 Å². The van der Waals surface area contributed by atoms with Crippen molar-refractivity contribution in [2.45, 2.75) is 117 Å². The van der Waals surface area contributed by atoms with Crippen LogP contribution >= 0.6 is 0 Å². The maximum absolute atomic E-state index is 3.74. The van der Waals surface area contributed by atoms with Gasteiger partial charge in [-0.25, -0.2) is 0 Å². The standard InChI is InChI=1S/C47H72N4/c1-36(2)29-38-14-19-41(20-15-38)37(3)33-51-28-27-49(35-46(51)31-40-16-21-42-11-7-8-12-43(42)30-40)25-10-9-13-45-32-48-24-26-50(45)34-39-17-22-44(23-18-39)47(4,5)6/h7-8,11-12,14-16,19-21,30,36-37,39,44-46,48H,9-10,13,17-18,22-29,31-35H2,1-6H3/t37?,39?,44?,45-,46-/m0/s1. The predicted molar refractivity (Wildman–Crippen MR) is 220 cm³/mol. The first kappa shape index (κ1) is 38.5. The largest absolute Gasteiger partial charge is 0.314 e. The average Bonchev–Trinajstić information content (AvgIpc) is 3.11. The van der Waals surface area contributed by atoms with Crippen molar-refractivity contribution in [3.63, 3.8) is 0 Å². The van der Waals surface area contributed by atoms with Crippen molar-refractivity contribution in [2.75, 3.05) is 58.9 Å². The Hall–Kier alpha value is -2.24. The first-order valence-corrected chi connectivity index (χ1v) is 21.1. The maximum Gasteiger partial charge on any atom is 0.0264 e. The Kier molecular flexibility index (Phi) is 13.7. The van der Waals surface area contributed by atoms with Gasteiger partial charge < -0.3 is 10.2 Å². The van der Waals surface area contributed by atoms with Gasteiger partial charge in [-0.15, -0.1) is 0 Å². The molecular formula is C47H72N4. The van der Waals surface area contributed by atoms with Gasteiger partial charge in [0.15, 0.2) is 0 Å². The highest BCUT2D eigenvalue weighted by Gasteiger charge is 2.32. The lowest BCUT2D eigenvalue weighted by Crippen LogP contribution is -2.55. The third-order valence-corrected chi connectivity index (χ3v) is 13.0. The molecule has 3 atom stereocenters. The van der Waals surface area contributed by atoms with Gasteiger partial charge in [-0.1, -0.05) is 115 Å². The molecule has 1 saturated carbocycles. The lowest BCUT2D eigenvalue weighted by atomic mass is 9.70. The van der Waals surface area contributed by atoms with E-state index in [0.29, 0.717) is 23.3 Å². The molecule has 0 radical (unpaired) electrons. The Morgan fingerprint density at radius 2 is 1.51 bits per heavy atom. The highest BCUT2D eigenvalue weighted by atomic mass is 15.3. The van der Waals surface area contributed by atoms with Crippen LogP contribution in [0.2, 0.25) is 0 Å². The van der Waals surface area contributed by atoms with E-state index in [1.165, 1.54) is 131 Å². The summed E-state index contributed by atoms with van der Waals surface area (Å²) in [6, 6.07) is 26.8. The zero-order chi connectivity index (χ0) is 35.8. The second-order valence-electron chi connectivity index (χ2n) is 18.5. The van der Waals surface area contributed by atoms with E-state index in [2.05, 4.69) is 128 Å². The smallest absolute Gasteiger partial charge is 0.0264 e. The number of benzene rings is 3. The Morgan fingerprint density at radius 3 is 2.25 bits per heavy atom. The zero-order valence-corrected chi connectivity index (χ0v) is 33.4. The van der Waals surface area contributed by atoms with Gasteiger partial charge in [0.2, 0.25) is 0 Å². The summed E-state index contributed by atoms with van der Waals surface area (Å²) in [5, 5.41) is 6.46. The summed E-state index contributed by atoms with van der Waals surface area (Å²) in [4.78, 5) is 8.52. The van der Waals surface area contributed by atoms with Crippen molar-refractivity contribution in [3.8, 4) is 0 Å². The van der Waals surface area contributed by atoms with Gasteiger partial charge in [-0.05, 0) is 114 Å². The summed E-state index contributed by atoms with van der Waals surface area (Å²) in [5.41, 5.74) is 4.91. The molecule has 4 heteroatoms. The number of unbranched alkanes of at least 4 members (excludes halogenated alkanes) is 1. The molecule has 1 N–H and O–H groups in total. The molecule has 2 aliphatic heterocycles. The third-order valence-electron chi connectivity index (χ3n) is 13.0. The number of piperazine rings is 2. The van der Waals surface area contributed by atoms with Crippen molar-refractivity contribution >= 4 is 10.8 Å². The summed E-state index contributed by atoms with van der Waals surface area (Å²) in [5.74, 6) is 3.06. The summed E-state index contributed by atoms with van der Waals surface area (Å²) in [7, 11) is 0. The fourth-order valence-corrected chi connectivity index (χ4v) is 9.73. The SMILES string of the molecule is CC(C)Cc1ccc(C(C)CN2CCN(CCCC[C@H]3CNCCN3CC3CCC(C(C)(C)C)CC3)C[C@@H]2Cc2ccc3ccccc3c2)cc1. The minimum Gasteiger partial charge on any atom is -0.314 e. The van der Waals surface area contributed by atoms with Gasteiger partial charge in [0.05, 0.1) is 0 Å². The minimum absolute atomic E-state index is 0.476. The first-order chi connectivity index (χ1) is 24.6. The van der Waals surface area contributed by atoms with Crippen LogP contribution < -0.4 is 5.32 Å². The molecule has 0 amide bonds. The second kappa shape index (κ2) is 18.2. The van der Waals surface area contributed by atoms with E-state index >= 15 is 0 Å². The van der Waals surface area contributed by atoms with Crippen molar-refractivity contribution in [2.24, 2.45) is 23.2 Å². The molecular weight excluding hydrogens is 621 g/mol. The quantitative estimate of drug-likeness (QED) is 0.170. The summed E-state index contributed by atoms with van der Waals surface area (Å²) in [6.07, 6.45) is 12.1. The number of fused-ring (bicyclic) bond motifs is 1. The minimum atomic E-state index is 0.476. The summed E-state index contributed by atoms with van der Waals surface area (Å²) in [6.45, 7) is 25.3. The molecule has 3 aliphatic rings. The Bertz CT molecular complexity index is 1470. The fraction of sp³-hybridized carbons (Fsp3) is 0.660. The molecule has 1 aliphatic carbocycles. The van der Waals surface area contributed by atoms with Crippen molar-refractivity contribution in [1.29, 1.82) is 0 Å². The van der Waals surface area contributed by atoms with Crippen LogP contribution in [0.5, 0.6) is 0 Å². The highest BCUT2D eigenvalue weighted by Crippen LogP contribution is 2.40. The van der Waals surface area contributed by atoms with Crippen molar-refractivity contribution < 1.29 is 0 Å². The van der Waals surface area contributed by atoms with E-state index < -0.39 is 0 Å². The molecule has 0 spiro atoms. The van der Waals surface area contributed by atoms with Crippen LogP contribution in [0.25, 0.3) is 10.8 Å². The normalized spacial score (nSPS) is 25.1. The van der Waals surface area contributed by atoms with Gasteiger partial charge in [-0.2, -0.15) is 0 Å². The Labute approximate surface area is 312 Å². The predicted octanol–water partition coefficient (Wildman–Crippen LogP) is 9.67. The van der Waals surface area contributed by atoms with Crippen molar-refractivity contribution in [1.82, 2.24) is 20.0 Å². The van der Waals surface area contributed by atoms with Crippen LogP contribution in [0, 0.1) is 23.2 Å². The Balaban J connectivity index is 1.02. The number of nitrogens with zero attached hydrogens (tertiary/aromatic N) is 3. The van der Waals surface area contributed by atoms with Crippen molar-refractivity contribution in [3.05, 3.63) is 83.4 Å². The van der Waals surface area contributed by atoms with E-state index in [9.17, 15) is 0 Å². The lowest BCUT2D eigenvalue weighted by molar-refractivity contribution is 0.0674. The fourth-order valence-electron chi connectivity index (χ4n) is 9.73. The van der Waals surface area contributed by atoms with E-state index in [1.54, 1.807) is 0 Å². The molecule has 51 heavy (non-hydrogen) atoms. The maximum atomic E-state index is 3.74. The van der Waals surface area contributed by atoms with E-state index in [-0.39, 0.29) is 0 Å². The number of rotatable bonds is 14. The van der Waals surface area contributed by atoms with Crippen LogP contribution in [0.15, 0.2) is 66.7 Å². The number of nitrogens with one attached hydrogen (secondary N) is 1. The molecule has 2 heterocycles. The molecule has 2 saturated heterocycles. The molecule has 6 rings (SSSR count). The lowest BCUT2D eigenvalue weighted by Gasteiger charge is -2.43. The first-order valence-electron chi connectivity index (χ1n) is 21.1. The van der Waals surface area contributed by atoms with Crippen LogP contribution in [0.1, 0.15) is 109 Å². The molecule has 0 bridgehead atoms. The van der Waals surface area contributed by atoms with Gasteiger partial charge in [-0.3, -0.25) is 9.80 Å². The van der Waals surface area contributed by atoms with E-state index in [4.69, 9.17) is 0 Å². The van der Waals surface area contributed by atoms with Gasteiger partial charge in [0.1, 0.15) is 0 Å². The van der Waals surface area contributed by atoms with Gasteiger partial charge in [0.25, 0.3) is 0 Å². The average molecular weight is 693 g/mol. The summed E-state index contributed by atoms with van der Waals surface area (Å²) >= 11 is 0. The van der Waals surface area contributed by atoms with Crippen LogP contribution in [-0.4, -0.2) is 85.7 Å².